The van der Waals surface area contributed by atoms with Crippen LogP contribution in [0.3, 0.4) is 0 Å². The summed E-state index contributed by atoms with van der Waals surface area (Å²) in [7, 11) is 1.65. The maximum Gasteiger partial charge on any atom is 0.237 e. The van der Waals surface area contributed by atoms with E-state index in [1.54, 1.807) is 7.11 Å². The highest BCUT2D eigenvalue weighted by Crippen LogP contribution is 2.33. The van der Waals surface area contributed by atoms with E-state index in [4.69, 9.17) is 10.5 Å². The number of rotatable bonds is 5. The standard InChI is InChI=1S/C10H20N2O2/c1-8-3-4-10(7-8,9(11)13)12-5-6-14-2/h8,12H,3-7H2,1-2H3,(H2,11,13). The molecule has 0 aromatic heterocycles. The molecular formula is C10H20N2O2. The van der Waals surface area contributed by atoms with Crippen molar-refractivity contribution >= 4 is 5.91 Å². The molecule has 0 saturated heterocycles. The highest BCUT2D eigenvalue weighted by molar-refractivity contribution is 5.85. The molecule has 2 unspecified atom stereocenters. The fourth-order valence-corrected chi connectivity index (χ4v) is 2.16. The smallest absolute Gasteiger partial charge is 0.237 e. The van der Waals surface area contributed by atoms with Gasteiger partial charge in [-0.05, 0) is 25.2 Å². The van der Waals surface area contributed by atoms with E-state index in [1.165, 1.54) is 0 Å². The van der Waals surface area contributed by atoms with Gasteiger partial charge in [-0.3, -0.25) is 4.79 Å². The number of carbonyl (C=O) groups is 1. The summed E-state index contributed by atoms with van der Waals surface area (Å²) < 4.78 is 4.94. The van der Waals surface area contributed by atoms with E-state index < -0.39 is 5.54 Å². The molecule has 1 aliphatic carbocycles. The third kappa shape index (κ3) is 2.45. The van der Waals surface area contributed by atoms with E-state index in [-0.39, 0.29) is 5.91 Å². The number of ether oxygens (including phenoxy) is 1. The van der Waals surface area contributed by atoms with Crippen molar-refractivity contribution < 1.29 is 9.53 Å². The van der Waals surface area contributed by atoms with Crippen molar-refractivity contribution in [2.45, 2.75) is 31.7 Å². The molecule has 82 valence electrons. The minimum absolute atomic E-state index is 0.224. The monoisotopic (exact) mass is 200 g/mol. The maximum atomic E-state index is 11.4. The van der Waals surface area contributed by atoms with Crippen LogP contribution in [0.5, 0.6) is 0 Å². The largest absolute Gasteiger partial charge is 0.383 e. The van der Waals surface area contributed by atoms with E-state index in [1.807, 2.05) is 0 Å². The van der Waals surface area contributed by atoms with Crippen LogP contribution < -0.4 is 11.1 Å². The molecule has 0 aliphatic heterocycles. The van der Waals surface area contributed by atoms with Crippen molar-refractivity contribution in [2.24, 2.45) is 11.7 Å². The predicted molar refractivity (Wildman–Crippen MR) is 54.8 cm³/mol. The first kappa shape index (κ1) is 11.5. The van der Waals surface area contributed by atoms with Crippen LogP contribution in [0.15, 0.2) is 0 Å². The molecule has 3 N–H and O–H groups in total. The Morgan fingerprint density at radius 3 is 2.86 bits per heavy atom. The number of amides is 1. The summed E-state index contributed by atoms with van der Waals surface area (Å²) in [5.41, 5.74) is 4.96. The Kier molecular flexibility index (Phi) is 3.89. The average Bonchev–Trinajstić information content (AvgIpc) is 2.49. The summed E-state index contributed by atoms with van der Waals surface area (Å²) in [6, 6.07) is 0. The molecule has 1 saturated carbocycles. The second kappa shape index (κ2) is 4.75. The fraction of sp³-hybridized carbons (Fsp3) is 0.900. The zero-order valence-electron chi connectivity index (χ0n) is 9.01. The molecule has 0 aromatic rings. The van der Waals surface area contributed by atoms with E-state index in [0.717, 1.165) is 19.3 Å². The van der Waals surface area contributed by atoms with Gasteiger partial charge in [0.2, 0.25) is 5.91 Å². The molecule has 2 atom stereocenters. The lowest BCUT2D eigenvalue weighted by atomic mass is 9.95. The Balaban J connectivity index is 2.50. The zero-order chi connectivity index (χ0) is 10.6. The Bertz CT molecular complexity index is 208. The molecule has 1 rings (SSSR count). The highest BCUT2D eigenvalue weighted by Gasteiger charge is 2.41. The van der Waals surface area contributed by atoms with Crippen molar-refractivity contribution in [3.05, 3.63) is 0 Å². The third-order valence-electron chi connectivity index (χ3n) is 3.00. The molecule has 4 nitrogen and oxygen atoms in total. The molecule has 0 radical (unpaired) electrons. The van der Waals surface area contributed by atoms with Crippen LogP contribution in [0.1, 0.15) is 26.2 Å². The molecule has 1 amide bonds. The lowest BCUT2D eigenvalue weighted by Crippen LogP contribution is -2.54. The van der Waals surface area contributed by atoms with Gasteiger partial charge in [-0.2, -0.15) is 0 Å². The van der Waals surface area contributed by atoms with Crippen molar-refractivity contribution in [3.8, 4) is 0 Å². The summed E-state index contributed by atoms with van der Waals surface area (Å²) in [5, 5.41) is 3.23. The van der Waals surface area contributed by atoms with Crippen LogP contribution in [0.25, 0.3) is 0 Å². The number of carbonyl (C=O) groups excluding carboxylic acids is 1. The molecule has 0 aromatic carbocycles. The average molecular weight is 200 g/mol. The van der Waals surface area contributed by atoms with E-state index >= 15 is 0 Å². The SMILES string of the molecule is COCCNC1(C(N)=O)CCC(C)C1. The number of hydrogen-bond donors (Lipinski definition) is 2. The van der Waals surface area contributed by atoms with E-state index in [2.05, 4.69) is 12.2 Å². The van der Waals surface area contributed by atoms with Gasteiger partial charge in [-0.25, -0.2) is 0 Å². The van der Waals surface area contributed by atoms with Gasteiger partial charge in [-0.15, -0.1) is 0 Å². The Morgan fingerprint density at radius 2 is 2.43 bits per heavy atom. The van der Waals surface area contributed by atoms with Crippen LogP contribution in [-0.2, 0) is 9.53 Å². The summed E-state index contributed by atoms with van der Waals surface area (Å²) in [5.74, 6) is 0.357. The van der Waals surface area contributed by atoms with Gasteiger partial charge < -0.3 is 15.8 Å². The second-order valence-corrected chi connectivity index (χ2v) is 4.21. The lowest BCUT2D eigenvalue weighted by molar-refractivity contribution is -0.124. The molecule has 0 spiro atoms. The Labute approximate surface area is 85.2 Å². The van der Waals surface area contributed by atoms with Crippen molar-refractivity contribution in [1.29, 1.82) is 0 Å². The lowest BCUT2D eigenvalue weighted by Gasteiger charge is -2.27. The van der Waals surface area contributed by atoms with E-state index in [0.29, 0.717) is 19.1 Å². The van der Waals surface area contributed by atoms with Crippen LogP contribution in [0, 0.1) is 5.92 Å². The Hall–Kier alpha value is -0.610. The first-order chi connectivity index (χ1) is 6.60. The number of hydrogen-bond acceptors (Lipinski definition) is 3. The first-order valence-electron chi connectivity index (χ1n) is 5.14. The summed E-state index contributed by atoms with van der Waals surface area (Å²) >= 11 is 0. The van der Waals surface area contributed by atoms with Gasteiger partial charge in [0.25, 0.3) is 0 Å². The molecule has 0 bridgehead atoms. The normalized spacial score (nSPS) is 32.0. The second-order valence-electron chi connectivity index (χ2n) is 4.21. The summed E-state index contributed by atoms with van der Waals surface area (Å²) in [6.45, 7) is 3.46. The topological polar surface area (TPSA) is 64.3 Å². The van der Waals surface area contributed by atoms with Crippen LogP contribution in [0.4, 0.5) is 0 Å². The van der Waals surface area contributed by atoms with Gasteiger partial charge in [0.15, 0.2) is 0 Å². The van der Waals surface area contributed by atoms with Gasteiger partial charge >= 0.3 is 0 Å². The minimum atomic E-state index is -0.474. The molecule has 0 heterocycles. The van der Waals surface area contributed by atoms with Crippen molar-refractivity contribution in [1.82, 2.24) is 5.32 Å². The zero-order valence-corrected chi connectivity index (χ0v) is 9.01. The maximum absolute atomic E-state index is 11.4. The number of primary amides is 1. The minimum Gasteiger partial charge on any atom is -0.383 e. The van der Waals surface area contributed by atoms with Gasteiger partial charge in [0.1, 0.15) is 0 Å². The quantitative estimate of drug-likeness (QED) is 0.626. The summed E-state index contributed by atoms with van der Waals surface area (Å²) in [4.78, 5) is 11.4. The highest BCUT2D eigenvalue weighted by atomic mass is 16.5. The van der Waals surface area contributed by atoms with E-state index in [9.17, 15) is 4.79 Å². The molecule has 1 fully saturated rings. The van der Waals surface area contributed by atoms with Crippen LogP contribution >= 0.6 is 0 Å². The number of nitrogens with two attached hydrogens (primary N) is 1. The fourth-order valence-electron chi connectivity index (χ4n) is 2.16. The Morgan fingerprint density at radius 1 is 1.71 bits per heavy atom. The van der Waals surface area contributed by atoms with Gasteiger partial charge in [0, 0.05) is 13.7 Å². The first-order valence-corrected chi connectivity index (χ1v) is 5.14. The summed E-state index contributed by atoms with van der Waals surface area (Å²) in [6.07, 6.45) is 2.78. The molecular weight excluding hydrogens is 180 g/mol. The van der Waals surface area contributed by atoms with Gasteiger partial charge in [0.05, 0.1) is 12.1 Å². The molecule has 1 aliphatic rings. The van der Waals surface area contributed by atoms with Crippen molar-refractivity contribution in [2.75, 3.05) is 20.3 Å². The number of methoxy groups -OCH3 is 1. The van der Waals surface area contributed by atoms with Gasteiger partial charge in [-0.1, -0.05) is 6.92 Å². The molecule has 4 heteroatoms. The van der Waals surface area contributed by atoms with Crippen molar-refractivity contribution in [3.63, 3.8) is 0 Å². The van der Waals surface area contributed by atoms with Crippen LogP contribution in [0.2, 0.25) is 0 Å². The number of nitrogens with one attached hydrogen (secondary N) is 1. The van der Waals surface area contributed by atoms with Crippen LogP contribution in [-0.4, -0.2) is 31.7 Å². The third-order valence-corrected chi connectivity index (χ3v) is 3.00. The molecule has 14 heavy (non-hydrogen) atoms. The predicted octanol–water partition coefficient (Wildman–Crippen LogP) is 0.266.